The summed E-state index contributed by atoms with van der Waals surface area (Å²) in [6.07, 6.45) is 9.58. The van der Waals surface area contributed by atoms with Gasteiger partial charge in [-0.1, -0.05) is 50.1 Å². The topological polar surface area (TPSA) is 59.8 Å². The number of amides is 1. The number of ether oxygens (including phenoxy) is 1. The monoisotopic (exact) mass is 474 g/mol. The summed E-state index contributed by atoms with van der Waals surface area (Å²) in [7, 11) is 0. The predicted molar refractivity (Wildman–Crippen MR) is 140 cm³/mol. The van der Waals surface area contributed by atoms with Gasteiger partial charge in [0.15, 0.2) is 0 Å². The van der Waals surface area contributed by atoms with Crippen LogP contribution in [0.15, 0.2) is 54.7 Å². The lowest BCUT2D eigenvalue weighted by atomic mass is 9.89. The molecule has 1 amide bonds. The minimum atomic E-state index is -0.492. The molecule has 35 heavy (non-hydrogen) atoms. The van der Waals surface area contributed by atoms with Crippen LogP contribution in [0.4, 0.5) is 4.79 Å². The molecule has 0 unspecified atom stereocenters. The number of hydrogen-bond acceptors (Lipinski definition) is 3. The van der Waals surface area contributed by atoms with E-state index in [4.69, 9.17) is 4.74 Å². The number of carbonyl (C=O) groups is 2. The van der Waals surface area contributed by atoms with E-state index in [-0.39, 0.29) is 17.4 Å². The molecule has 2 aromatic heterocycles. The predicted octanol–water partition coefficient (Wildman–Crippen LogP) is 6.89. The molecule has 5 nitrogen and oxygen atoms in total. The standard InChI is InChI=1S/C30H38N2O3/c1-5-23-21-25-12-6-9-20-32(25)26(23)27(33)24-15-13-22(14-16-24)11-10-19-30(17-7-8-18-30)31-28(34)35-29(2,3)4/h6,9,12-16,20-21H,5,7-8,10-11,17-19H2,1-4H3,(H,31,34). The number of carbonyl (C=O) groups excluding carboxylic acids is 2. The Morgan fingerprint density at radius 1 is 1.06 bits per heavy atom. The van der Waals surface area contributed by atoms with Crippen molar-refractivity contribution in [3.05, 3.63) is 77.1 Å². The van der Waals surface area contributed by atoms with Gasteiger partial charge in [0.25, 0.3) is 0 Å². The van der Waals surface area contributed by atoms with Crippen molar-refractivity contribution in [2.24, 2.45) is 0 Å². The highest BCUT2D eigenvalue weighted by Gasteiger charge is 2.36. The molecule has 5 heteroatoms. The number of pyridine rings is 1. The van der Waals surface area contributed by atoms with Gasteiger partial charge in [0, 0.05) is 22.8 Å². The third kappa shape index (κ3) is 5.95. The summed E-state index contributed by atoms with van der Waals surface area (Å²) in [6, 6.07) is 16.1. The Kier molecular flexibility index (Phi) is 7.34. The summed E-state index contributed by atoms with van der Waals surface area (Å²) >= 11 is 0. The zero-order valence-corrected chi connectivity index (χ0v) is 21.5. The Morgan fingerprint density at radius 3 is 2.43 bits per heavy atom. The number of aromatic nitrogens is 1. The third-order valence-corrected chi connectivity index (χ3v) is 7.02. The van der Waals surface area contributed by atoms with E-state index in [1.807, 2.05) is 61.7 Å². The van der Waals surface area contributed by atoms with Crippen LogP contribution >= 0.6 is 0 Å². The molecule has 3 aromatic rings. The molecule has 1 saturated carbocycles. The van der Waals surface area contributed by atoms with Crippen molar-refractivity contribution in [3.63, 3.8) is 0 Å². The molecule has 0 bridgehead atoms. The summed E-state index contributed by atoms with van der Waals surface area (Å²) in [6.45, 7) is 7.77. The van der Waals surface area contributed by atoms with Crippen LogP contribution in [0.1, 0.15) is 93.4 Å². The first kappa shape index (κ1) is 25.0. The second kappa shape index (κ2) is 10.3. The van der Waals surface area contributed by atoms with Crippen molar-refractivity contribution >= 4 is 17.4 Å². The molecule has 1 fully saturated rings. The Bertz CT molecular complexity index is 1180. The van der Waals surface area contributed by atoms with E-state index >= 15 is 0 Å². The van der Waals surface area contributed by atoms with Crippen molar-refractivity contribution < 1.29 is 14.3 Å². The fraction of sp³-hybridized carbons (Fsp3) is 0.467. The molecule has 0 atom stereocenters. The quantitative estimate of drug-likeness (QED) is 0.362. The second-order valence-electron chi connectivity index (χ2n) is 10.9. The summed E-state index contributed by atoms with van der Waals surface area (Å²) in [5.74, 6) is 0.0612. The average Bonchev–Trinajstić information content (AvgIpc) is 3.42. The fourth-order valence-corrected chi connectivity index (χ4v) is 5.30. The second-order valence-corrected chi connectivity index (χ2v) is 10.9. The maximum absolute atomic E-state index is 13.4. The Balaban J connectivity index is 1.39. The smallest absolute Gasteiger partial charge is 0.408 e. The summed E-state index contributed by atoms with van der Waals surface area (Å²) in [5.41, 5.74) is 4.15. The Labute approximate surface area is 208 Å². The normalized spacial score (nSPS) is 15.3. The number of hydrogen-bond donors (Lipinski definition) is 1. The zero-order chi connectivity index (χ0) is 25.1. The van der Waals surface area contributed by atoms with Crippen LogP contribution in [0.5, 0.6) is 0 Å². The zero-order valence-electron chi connectivity index (χ0n) is 21.5. The summed E-state index contributed by atoms with van der Waals surface area (Å²) in [5, 5.41) is 3.19. The highest BCUT2D eigenvalue weighted by atomic mass is 16.6. The van der Waals surface area contributed by atoms with Crippen LogP contribution in [0.2, 0.25) is 0 Å². The lowest BCUT2D eigenvalue weighted by molar-refractivity contribution is 0.0449. The van der Waals surface area contributed by atoms with Gasteiger partial charge in [-0.3, -0.25) is 4.79 Å². The van der Waals surface area contributed by atoms with Gasteiger partial charge in [-0.15, -0.1) is 0 Å². The lowest BCUT2D eigenvalue weighted by Gasteiger charge is -2.32. The highest BCUT2D eigenvalue weighted by Crippen LogP contribution is 2.34. The van der Waals surface area contributed by atoms with Crippen LogP contribution in [-0.4, -0.2) is 27.4 Å². The van der Waals surface area contributed by atoms with E-state index in [0.29, 0.717) is 5.56 Å². The largest absolute Gasteiger partial charge is 0.444 e. The number of fused-ring (bicyclic) bond motifs is 1. The van der Waals surface area contributed by atoms with Gasteiger partial charge < -0.3 is 14.5 Å². The number of nitrogens with zero attached hydrogens (tertiary/aromatic N) is 1. The van der Waals surface area contributed by atoms with Gasteiger partial charge in [-0.2, -0.15) is 0 Å². The van der Waals surface area contributed by atoms with Crippen molar-refractivity contribution in [3.8, 4) is 0 Å². The number of aryl methyl sites for hydroxylation is 2. The number of alkyl carbamates (subject to hydrolysis) is 1. The van der Waals surface area contributed by atoms with Crippen molar-refractivity contribution in [1.82, 2.24) is 9.72 Å². The van der Waals surface area contributed by atoms with Gasteiger partial charge in [-0.25, -0.2) is 4.79 Å². The third-order valence-electron chi connectivity index (χ3n) is 7.02. The lowest BCUT2D eigenvalue weighted by Crippen LogP contribution is -2.48. The maximum Gasteiger partial charge on any atom is 0.408 e. The number of benzene rings is 1. The molecule has 1 aromatic carbocycles. The van der Waals surface area contributed by atoms with Gasteiger partial charge >= 0.3 is 6.09 Å². The highest BCUT2D eigenvalue weighted by molar-refractivity contribution is 6.09. The molecular weight excluding hydrogens is 436 g/mol. The van der Waals surface area contributed by atoms with E-state index in [0.717, 1.165) is 68.1 Å². The van der Waals surface area contributed by atoms with Crippen LogP contribution in [0.25, 0.3) is 5.52 Å². The van der Waals surface area contributed by atoms with Crippen LogP contribution in [0, 0.1) is 0 Å². The van der Waals surface area contributed by atoms with E-state index in [2.05, 4.69) is 30.4 Å². The first-order valence-electron chi connectivity index (χ1n) is 12.9. The molecule has 1 N–H and O–H groups in total. The van der Waals surface area contributed by atoms with E-state index in [9.17, 15) is 9.59 Å². The molecule has 2 heterocycles. The Hall–Kier alpha value is -3.08. The maximum atomic E-state index is 13.4. The van der Waals surface area contributed by atoms with Crippen molar-refractivity contribution in [2.45, 2.75) is 90.2 Å². The number of nitrogens with one attached hydrogen (secondary N) is 1. The molecule has 4 rings (SSSR count). The van der Waals surface area contributed by atoms with Crippen molar-refractivity contribution in [1.29, 1.82) is 0 Å². The molecule has 0 spiro atoms. The van der Waals surface area contributed by atoms with Gasteiger partial charge in [0.1, 0.15) is 5.60 Å². The minimum Gasteiger partial charge on any atom is -0.444 e. The van der Waals surface area contributed by atoms with Crippen LogP contribution < -0.4 is 5.32 Å². The van der Waals surface area contributed by atoms with Gasteiger partial charge in [-0.05, 0) is 88.6 Å². The molecule has 186 valence electrons. The summed E-state index contributed by atoms with van der Waals surface area (Å²) in [4.78, 5) is 25.8. The summed E-state index contributed by atoms with van der Waals surface area (Å²) < 4.78 is 7.51. The molecular formula is C30H38N2O3. The van der Waals surface area contributed by atoms with Crippen molar-refractivity contribution in [2.75, 3.05) is 0 Å². The number of rotatable bonds is 8. The molecule has 0 radical (unpaired) electrons. The van der Waals surface area contributed by atoms with E-state index < -0.39 is 5.60 Å². The van der Waals surface area contributed by atoms with Crippen LogP contribution in [0.3, 0.4) is 0 Å². The SMILES string of the molecule is CCc1cc2ccccn2c1C(=O)c1ccc(CCCC2(NC(=O)OC(C)(C)C)CCCC2)cc1. The molecule has 1 aliphatic rings. The number of ketones is 1. The Morgan fingerprint density at radius 2 is 1.77 bits per heavy atom. The molecule has 1 aliphatic carbocycles. The first-order valence-corrected chi connectivity index (χ1v) is 12.9. The minimum absolute atomic E-state index is 0.0612. The molecule has 0 aliphatic heterocycles. The molecule has 0 saturated heterocycles. The van der Waals surface area contributed by atoms with E-state index in [1.165, 1.54) is 5.56 Å². The average molecular weight is 475 g/mol. The van der Waals surface area contributed by atoms with Gasteiger partial charge in [0.05, 0.1) is 5.69 Å². The van der Waals surface area contributed by atoms with Gasteiger partial charge in [0.2, 0.25) is 5.78 Å². The van der Waals surface area contributed by atoms with E-state index in [1.54, 1.807) is 0 Å². The van der Waals surface area contributed by atoms with Crippen LogP contribution in [-0.2, 0) is 17.6 Å². The first-order chi connectivity index (χ1) is 16.7. The fourth-order valence-electron chi connectivity index (χ4n) is 5.30.